The van der Waals surface area contributed by atoms with E-state index in [-0.39, 0.29) is 11.5 Å². The lowest BCUT2D eigenvalue weighted by atomic mass is 9.97. The third-order valence-corrected chi connectivity index (χ3v) is 6.18. The quantitative estimate of drug-likeness (QED) is 0.357. The molecule has 0 saturated carbocycles. The monoisotopic (exact) mass is 501 g/mol. The summed E-state index contributed by atoms with van der Waals surface area (Å²) >= 11 is 0. The van der Waals surface area contributed by atoms with Crippen molar-refractivity contribution in [2.45, 2.75) is 59.6 Å². The first-order chi connectivity index (χ1) is 17.6. The SMILES string of the molecule is C=C1C=CC(C(=C)N(C)C(C(=O)Nc2ccc(C(C)(C)OCCC)cc2)c2ccc(C)cc2)=CN1.CC. The van der Waals surface area contributed by atoms with E-state index in [1.807, 2.05) is 99.6 Å². The fraction of sp³-hybridized carbons (Fsp3) is 0.344. The number of ether oxygens (including phenoxy) is 1. The smallest absolute Gasteiger partial charge is 0.251 e. The molecule has 3 rings (SSSR count). The summed E-state index contributed by atoms with van der Waals surface area (Å²) in [5, 5.41) is 6.20. The molecule has 0 spiro atoms. The van der Waals surface area contributed by atoms with E-state index < -0.39 is 6.04 Å². The molecule has 0 saturated heterocycles. The van der Waals surface area contributed by atoms with E-state index in [4.69, 9.17) is 4.74 Å². The molecule has 2 aromatic rings. The Morgan fingerprint density at radius 2 is 1.70 bits per heavy atom. The Hall–Kier alpha value is -3.57. The van der Waals surface area contributed by atoms with Crippen LogP contribution in [0.4, 0.5) is 5.69 Å². The molecule has 1 unspecified atom stereocenters. The zero-order chi connectivity index (χ0) is 27.6. The number of likely N-dealkylation sites (N-methyl/N-ethyl adjacent to an activating group) is 1. The Morgan fingerprint density at radius 1 is 1.08 bits per heavy atom. The second kappa shape index (κ2) is 13.7. The van der Waals surface area contributed by atoms with Crippen molar-refractivity contribution >= 4 is 11.6 Å². The normalized spacial score (nSPS) is 13.5. The van der Waals surface area contributed by atoms with Crippen LogP contribution >= 0.6 is 0 Å². The maximum atomic E-state index is 13.6. The summed E-state index contributed by atoms with van der Waals surface area (Å²) in [5.41, 5.74) is 5.87. The number of allylic oxidation sites excluding steroid dienone is 2. The first-order valence-corrected chi connectivity index (χ1v) is 13.0. The molecule has 1 amide bonds. The summed E-state index contributed by atoms with van der Waals surface area (Å²) in [7, 11) is 1.89. The number of hydrogen-bond acceptors (Lipinski definition) is 4. The molecule has 37 heavy (non-hydrogen) atoms. The number of benzene rings is 2. The molecular weight excluding hydrogens is 458 g/mol. The van der Waals surface area contributed by atoms with Crippen molar-refractivity contribution in [1.82, 2.24) is 10.2 Å². The minimum Gasteiger partial charge on any atom is -0.371 e. The second-order valence-corrected chi connectivity index (χ2v) is 9.40. The van der Waals surface area contributed by atoms with E-state index in [0.717, 1.165) is 45.8 Å². The molecule has 2 N–H and O–H groups in total. The number of aryl methyl sites for hydroxylation is 1. The van der Waals surface area contributed by atoms with Crippen LogP contribution in [0.25, 0.3) is 0 Å². The number of rotatable bonds is 10. The van der Waals surface area contributed by atoms with Gasteiger partial charge in [-0.25, -0.2) is 0 Å². The number of hydrogen-bond donors (Lipinski definition) is 2. The molecule has 0 aromatic heterocycles. The van der Waals surface area contributed by atoms with E-state index in [0.29, 0.717) is 6.61 Å². The molecular formula is C32H43N3O2. The van der Waals surface area contributed by atoms with E-state index in [1.165, 1.54) is 0 Å². The third-order valence-electron chi connectivity index (χ3n) is 6.18. The number of amides is 1. The van der Waals surface area contributed by atoms with Gasteiger partial charge in [-0.2, -0.15) is 0 Å². The summed E-state index contributed by atoms with van der Waals surface area (Å²) in [6.07, 6.45) is 6.66. The van der Waals surface area contributed by atoms with Crippen molar-refractivity contribution in [3.05, 3.63) is 114 Å². The average molecular weight is 502 g/mol. The average Bonchev–Trinajstić information content (AvgIpc) is 2.90. The number of carbonyl (C=O) groups excluding carboxylic acids is 1. The molecule has 1 aliphatic heterocycles. The first kappa shape index (κ1) is 29.7. The van der Waals surface area contributed by atoms with Crippen LogP contribution in [-0.4, -0.2) is 24.5 Å². The third kappa shape index (κ3) is 7.96. The van der Waals surface area contributed by atoms with Gasteiger partial charge in [0.2, 0.25) is 0 Å². The van der Waals surface area contributed by atoms with Gasteiger partial charge in [-0.1, -0.05) is 75.9 Å². The van der Waals surface area contributed by atoms with Gasteiger partial charge in [-0.3, -0.25) is 4.79 Å². The fourth-order valence-electron chi connectivity index (χ4n) is 3.90. The number of nitrogens with one attached hydrogen (secondary N) is 2. The van der Waals surface area contributed by atoms with Crippen LogP contribution < -0.4 is 10.6 Å². The van der Waals surface area contributed by atoms with Gasteiger partial charge in [0, 0.05) is 42.5 Å². The molecule has 0 radical (unpaired) electrons. The molecule has 2 aromatic carbocycles. The molecule has 198 valence electrons. The molecule has 0 fully saturated rings. The van der Waals surface area contributed by atoms with Crippen molar-refractivity contribution in [2.75, 3.05) is 19.0 Å². The molecule has 0 bridgehead atoms. The fourth-order valence-corrected chi connectivity index (χ4v) is 3.90. The number of anilines is 1. The Bertz CT molecular complexity index is 1130. The highest BCUT2D eigenvalue weighted by molar-refractivity contribution is 5.95. The van der Waals surface area contributed by atoms with Gasteiger partial charge in [-0.15, -0.1) is 0 Å². The molecule has 1 atom stereocenters. The summed E-state index contributed by atoms with van der Waals surface area (Å²) < 4.78 is 5.99. The van der Waals surface area contributed by atoms with Gasteiger partial charge < -0.3 is 20.3 Å². The summed E-state index contributed by atoms with van der Waals surface area (Å²) in [4.78, 5) is 15.5. The molecule has 0 aliphatic carbocycles. The molecule has 1 heterocycles. The predicted octanol–water partition coefficient (Wildman–Crippen LogP) is 7.37. The zero-order valence-electron chi connectivity index (χ0n) is 23.5. The highest BCUT2D eigenvalue weighted by Gasteiger charge is 2.28. The van der Waals surface area contributed by atoms with Gasteiger partial charge in [0.15, 0.2) is 0 Å². The number of dihydropyridines is 1. The van der Waals surface area contributed by atoms with Crippen molar-refractivity contribution in [3.8, 4) is 0 Å². The van der Waals surface area contributed by atoms with Crippen molar-refractivity contribution in [2.24, 2.45) is 0 Å². The molecule has 5 nitrogen and oxygen atoms in total. The van der Waals surface area contributed by atoms with E-state index in [2.05, 4.69) is 44.6 Å². The lowest BCUT2D eigenvalue weighted by molar-refractivity contribution is -0.120. The Morgan fingerprint density at radius 3 is 2.24 bits per heavy atom. The molecule has 5 heteroatoms. The highest BCUT2D eigenvalue weighted by atomic mass is 16.5. The van der Waals surface area contributed by atoms with Gasteiger partial charge in [0.25, 0.3) is 5.91 Å². The predicted molar refractivity (Wildman–Crippen MR) is 156 cm³/mol. The second-order valence-electron chi connectivity index (χ2n) is 9.40. The lowest BCUT2D eigenvalue weighted by Gasteiger charge is -2.32. The first-order valence-electron chi connectivity index (χ1n) is 13.0. The summed E-state index contributed by atoms with van der Waals surface area (Å²) in [5.74, 6) is -0.135. The minimum absolute atomic E-state index is 0.135. The van der Waals surface area contributed by atoms with Crippen LogP contribution in [0.2, 0.25) is 0 Å². The largest absolute Gasteiger partial charge is 0.371 e. The summed E-state index contributed by atoms with van der Waals surface area (Å²) in [6, 6.07) is 15.3. The standard InChI is InChI=1S/C30H37N3O2.C2H6/c1-8-19-35-30(5,6)26-15-17-27(18-16-26)32-29(34)28(24-12-9-21(2)10-13-24)33(7)23(4)25-14-11-22(3)31-20-25;1-2/h9-18,20,28,31H,3-4,8,19H2,1-2,5-7H3,(H,32,34);1-2H3. The van der Waals surface area contributed by atoms with Crippen LogP contribution in [0.15, 0.2) is 97.0 Å². The Balaban J connectivity index is 0.00000235. The van der Waals surface area contributed by atoms with Crippen LogP contribution in [0.3, 0.4) is 0 Å². The van der Waals surface area contributed by atoms with Gasteiger partial charge in [0.1, 0.15) is 6.04 Å². The van der Waals surface area contributed by atoms with Crippen molar-refractivity contribution < 1.29 is 9.53 Å². The van der Waals surface area contributed by atoms with Crippen molar-refractivity contribution in [1.29, 1.82) is 0 Å². The Kier molecular flexibility index (Phi) is 10.9. The number of nitrogens with zero attached hydrogens (tertiary/aromatic N) is 1. The van der Waals surface area contributed by atoms with E-state index >= 15 is 0 Å². The van der Waals surface area contributed by atoms with Gasteiger partial charge >= 0.3 is 0 Å². The summed E-state index contributed by atoms with van der Waals surface area (Å²) in [6.45, 7) is 21.1. The minimum atomic E-state index is -0.563. The van der Waals surface area contributed by atoms with Gasteiger partial charge in [0.05, 0.1) is 5.60 Å². The van der Waals surface area contributed by atoms with E-state index in [1.54, 1.807) is 0 Å². The highest BCUT2D eigenvalue weighted by Crippen LogP contribution is 2.30. The Labute approximate surface area is 223 Å². The van der Waals surface area contributed by atoms with Crippen LogP contribution in [0, 0.1) is 6.92 Å². The van der Waals surface area contributed by atoms with Gasteiger partial charge in [-0.05, 0) is 62.6 Å². The number of carbonyl (C=O) groups is 1. The van der Waals surface area contributed by atoms with E-state index in [9.17, 15) is 4.79 Å². The van der Waals surface area contributed by atoms with Crippen LogP contribution in [-0.2, 0) is 15.1 Å². The van der Waals surface area contributed by atoms with Crippen LogP contribution in [0.5, 0.6) is 0 Å². The van der Waals surface area contributed by atoms with Crippen molar-refractivity contribution in [3.63, 3.8) is 0 Å². The van der Waals surface area contributed by atoms with Crippen LogP contribution in [0.1, 0.15) is 63.8 Å². The lowest BCUT2D eigenvalue weighted by Crippen LogP contribution is -2.34. The molecule has 1 aliphatic rings. The maximum Gasteiger partial charge on any atom is 0.251 e. The maximum absolute atomic E-state index is 13.6. The zero-order valence-corrected chi connectivity index (χ0v) is 23.5. The topological polar surface area (TPSA) is 53.6 Å².